The van der Waals surface area contributed by atoms with E-state index in [0.29, 0.717) is 12.2 Å². The van der Waals surface area contributed by atoms with E-state index in [1.54, 1.807) is 12.1 Å². The van der Waals surface area contributed by atoms with Gasteiger partial charge in [-0.3, -0.25) is 10.1 Å². The topological polar surface area (TPSA) is 72.4 Å². The summed E-state index contributed by atoms with van der Waals surface area (Å²) < 4.78 is 0.841. The highest BCUT2D eigenvalue weighted by Gasteiger charge is 2.25. The molecule has 1 aromatic rings. The van der Waals surface area contributed by atoms with E-state index in [0.717, 1.165) is 17.4 Å². The number of anilines is 1. The molecule has 86 valence electrons. The molecule has 1 heterocycles. The van der Waals surface area contributed by atoms with Crippen molar-refractivity contribution in [3.05, 3.63) is 32.8 Å². The summed E-state index contributed by atoms with van der Waals surface area (Å²) in [5.74, 6) is 0. The zero-order valence-electron chi connectivity index (χ0n) is 8.60. The predicted molar refractivity (Wildman–Crippen MR) is 65.6 cm³/mol. The van der Waals surface area contributed by atoms with Gasteiger partial charge in [-0.2, -0.15) is 0 Å². The number of hydrogen-bond acceptors (Lipinski definition) is 4. The van der Waals surface area contributed by atoms with Crippen molar-refractivity contribution in [2.45, 2.75) is 12.5 Å². The molecule has 2 N–H and O–H groups in total. The normalized spacial score (nSPS) is 20.1. The summed E-state index contributed by atoms with van der Waals surface area (Å²) >= 11 is 3.33. The largest absolute Gasteiger partial charge is 0.364 e. The highest BCUT2D eigenvalue weighted by molar-refractivity contribution is 9.10. The Bertz CT molecular complexity index is 425. The third-order valence-corrected chi connectivity index (χ3v) is 3.19. The first-order valence-electron chi connectivity index (χ1n) is 5.02. The fraction of sp³-hybridized carbons (Fsp3) is 0.400. The minimum atomic E-state index is -0.356. The van der Waals surface area contributed by atoms with Gasteiger partial charge < -0.3 is 10.6 Å². The summed E-state index contributed by atoms with van der Waals surface area (Å²) in [5.41, 5.74) is 6.59. The molecule has 16 heavy (non-hydrogen) atoms. The smallest absolute Gasteiger partial charge is 0.292 e. The molecule has 0 saturated carbocycles. The third-order valence-electron chi connectivity index (χ3n) is 2.70. The summed E-state index contributed by atoms with van der Waals surface area (Å²) in [5, 5.41) is 10.9. The predicted octanol–water partition coefficient (Wildman–Crippen LogP) is 1.89. The van der Waals surface area contributed by atoms with Crippen molar-refractivity contribution in [2.24, 2.45) is 5.73 Å². The quantitative estimate of drug-likeness (QED) is 0.665. The maximum Gasteiger partial charge on any atom is 0.292 e. The molecule has 0 bridgehead atoms. The molecule has 0 spiro atoms. The van der Waals surface area contributed by atoms with Gasteiger partial charge in [0.2, 0.25) is 0 Å². The highest BCUT2D eigenvalue weighted by atomic mass is 79.9. The molecule has 6 heteroatoms. The van der Waals surface area contributed by atoms with E-state index in [1.807, 2.05) is 4.90 Å². The molecule has 1 fully saturated rings. The van der Waals surface area contributed by atoms with Crippen LogP contribution in [0.1, 0.15) is 6.42 Å². The van der Waals surface area contributed by atoms with E-state index in [2.05, 4.69) is 15.9 Å². The first-order chi connectivity index (χ1) is 7.58. The minimum Gasteiger partial charge on any atom is -0.364 e. The van der Waals surface area contributed by atoms with Crippen LogP contribution in [-0.2, 0) is 0 Å². The molecule has 1 atom stereocenters. The number of halogens is 1. The van der Waals surface area contributed by atoms with E-state index < -0.39 is 0 Å². The maximum atomic E-state index is 10.9. The van der Waals surface area contributed by atoms with Crippen LogP contribution in [0, 0.1) is 10.1 Å². The van der Waals surface area contributed by atoms with Gasteiger partial charge in [-0.15, -0.1) is 0 Å². The van der Waals surface area contributed by atoms with E-state index >= 15 is 0 Å². The van der Waals surface area contributed by atoms with E-state index in [1.165, 1.54) is 6.07 Å². The van der Waals surface area contributed by atoms with Gasteiger partial charge in [0.15, 0.2) is 0 Å². The van der Waals surface area contributed by atoms with Gasteiger partial charge in [0.05, 0.1) is 4.92 Å². The number of hydrogen-bond donors (Lipinski definition) is 1. The van der Waals surface area contributed by atoms with Crippen molar-refractivity contribution >= 4 is 27.3 Å². The van der Waals surface area contributed by atoms with Gasteiger partial charge in [0, 0.05) is 29.7 Å². The van der Waals surface area contributed by atoms with Crippen LogP contribution < -0.4 is 10.6 Å². The summed E-state index contributed by atoms with van der Waals surface area (Å²) in [6.07, 6.45) is 0.879. The first-order valence-corrected chi connectivity index (χ1v) is 5.81. The SMILES string of the molecule is NC1CCN(c2cc(Br)ccc2[N+](=O)[O-])C1. The van der Waals surface area contributed by atoms with Gasteiger partial charge >= 0.3 is 0 Å². The van der Waals surface area contributed by atoms with Gasteiger partial charge in [-0.1, -0.05) is 15.9 Å². The molecule has 1 aromatic carbocycles. The lowest BCUT2D eigenvalue weighted by Crippen LogP contribution is -2.26. The maximum absolute atomic E-state index is 10.9. The Kier molecular flexibility index (Phi) is 3.11. The minimum absolute atomic E-state index is 0.110. The zero-order chi connectivity index (χ0) is 11.7. The van der Waals surface area contributed by atoms with E-state index in [-0.39, 0.29) is 16.7 Å². The van der Waals surface area contributed by atoms with Crippen molar-refractivity contribution in [1.29, 1.82) is 0 Å². The van der Waals surface area contributed by atoms with Crippen molar-refractivity contribution < 1.29 is 4.92 Å². The monoisotopic (exact) mass is 285 g/mol. The van der Waals surface area contributed by atoms with E-state index in [4.69, 9.17) is 5.73 Å². The second-order valence-corrected chi connectivity index (χ2v) is 4.80. The number of nitro benzene ring substituents is 1. The Hall–Kier alpha value is -1.14. The van der Waals surface area contributed by atoms with Crippen LogP contribution in [0.3, 0.4) is 0 Å². The number of benzene rings is 1. The standard InChI is InChI=1S/C10H12BrN3O2/c11-7-1-2-9(14(15)16)10(5-7)13-4-3-8(12)6-13/h1-2,5,8H,3-4,6,12H2. The van der Waals surface area contributed by atoms with Crippen LogP contribution in [0.5, 0.6) is 0 Å². The summed E-state index contributed by atoms with van der Waals surface area (Å²) in [6.45, 7) is 1.45. The van der Waals surface area contributed by atoms with Crippen molar-refractivity contribution in [2.75, 3.05) is 18.0 Å². The van der Waals surface area contributed by atoms with Crippen molar-refractivity contribution in [3.8, 4) is 0 Å². The molecule has 1 aliphatic heterocycles. The number of nitrogens with two attached hydrogens (primary N) is 1. The second-order valence-electron chi connectivity index (χ2n) is 3.88. The lowest BCUT2D eigenvalue weighted by Gasteiger charge is -2.18. The molecule has 0 radical (unpaired) electrons. The van der Waals surface area contributed by atoms with Crippen LogP contribution in [0.25, 0.3) is 0 Å². The van der Waals surface area contributed by atoms with Gasteiger partial charge in [-0.25, -0.2) is 0 Å². The average molecular weight is 286 g/mol. The molecule has 1 unspecified atom stereocenters. The lowest BCUT2D eigenvalue weighted by molar-refractivity contribution is -0.384. The summed E-state index contributed by atoms with van der Waals surface area (Å²) in [7, 11) is 0. The molecule has 1 saturated heterocycles. The third kappa shape index (κ3) is 2.17. The van der Waals surface area contributed by atoms with Gasteiger partial charge in [0.25, 0.3) is 5.69 Å². The van der Waals surface area contributed by atoms with Crippen LogP contribution in [0.15, 0.2) is 22.7 Å². The Labute approximate surface area is 102 Å². The van der Waals surface area contributed by atoms with Crippen LogP contribution in [-0.4, -0.2) is 24.1 Å². The Morgan fingerprint density at radius 2 is 2.31 bits per heavy atom. The van der Waals surface area contributed by atoms with Gasteiger partial charge in [-0.05, 0) is 18.6 Å². The van der Waals surface area contributed by atoms with Crippen LogP contribution in [0.4, 0.5) is 11.4 Å². The molecule has 0 aliphatic carbocycles. The van der Waals surface area contributed by atoms with Gasteiger partial charge in [0.1, 0.15) is 5.69 Å². The molecule has 1 aliphatic rings. The molecule has 0 aromatic heterocycles. The molecule has 2 rings (SSSR count). The average Bonchev–Trinajstić information content (AvgIpc) is 2.64. The van der Waals surface area contributed by atoms with Crippen LogP contribution >= 0.6 is 15.9 Å². The van der Waals surface area contributed by atoms with E-state index in [9.17, 15) is 10.1 Å². The fourth-order valence-corrected chi connectivity index (χ4v) is 2.26. The lowest BCUT2D eigenvalue weighted by atomic mass is 10.2. The van der Waals surface area contributed by atoms with Crippen molar-refractivity contribution in [3.63, 3.8) is 0 Å². The summed E-state index contributed by atoms with van der Waals surface area (Å²) in [6, 6.07) is 5.08. The highest BCUT2D eigenvalue weighted by Crippen LogP contribution is 2.32. The Balaban J connectivity index is 2.37. The molecule has 5 nitrogen and oxygen atoms in total. The fourth-order valence-electron chi connectivity index (χ4n) is 1.91. The Morgan fingerprint density at radius 1 is 1.56 bits per heavy atom. The molecular weight excluding hydrogens is 274 g/mol. The second kappa shape index (κ2) is 4.39. The zero-order valence-corrected chi connectivity index (χ0v) is 10.2. The van der Waals surface area contributed by atoms with Crippen molar-refractivity contribution in [1.82, 2.24) is 0 Å². The Morgan fingerprint density at radius 3 is 2.88 bits per heavy atom. The number of nitro groups is 1. The molecule has 0 amide bonds. The number of rotatable bonds is 2. The summed E-state index contributed by atoms with van der Waals surface area (Å²) in [4.78, 5) is 12.5. The van der Waals surface area contributed by atoms with Crippen LogP contribution in [0.2, 0.25) is 0 Å². The number of nitrogens with zero attached hydrogens (tertiary/aromatic N) is 2. The first kappa shape index (κ1) is 11.3. The molecular formula is C10H12BrN3O2.